The van der Waals surface area contributed by atoms with Crippen molar-refractivity contribution in [3.63, 3.8) is 0 Å². The lowest BCUT2D eigenvalue weighted by Crippen LogP contribution is -2.06. The van der Waals surface area contributed by atoms with Gasteiger partial charge in [0.15, 0.2) is 0 Å². The fraction of sp³-hybridized carbons (Fsp3) is 0.167. The zero-order chi connectivity index (χ0) is 17.1. The van der Waals surface area contributed by atoms with Gasteiger partial charge in [-0.15, -0.1) is 11.3 Å². The summed E-state index contributed by atoms with van der Waals surface area (Å²) < 4.78 is 11.4. The first kappa shape index (κ1) is 16.1. The molecular formula is C18H18N2O3S. The summed E-state index contributed by atoms with van der Waals surface area (Å²) in [5.41, 5.74) is 7.86. The predicted molar refractivity (Wildman–Crippen MR) is 98.5 cm³/mol. The molecule has 6 heteroatoms. The second kappa shape index (κ2) is 6.80. The molecule has 1 heterocycles. The molecule has 24 heavy (non-hydrogen) atoms. The van der Waals surface area contributed by atoms with Crippen molar-refractivity contribution in [3.8, 4) is 5.75 Å². The van der Waals surface area contributed by atoms with Crippen LogP contribution in [0.2, 0.25) is 0 Å². The first-order valence-electron chi connectivity index (χ1n) is 7.53. The summed E-state index contributed by atoms with van der Waals surface area (Å²) in [5, 5.41) is 4.84. The van der Waals surface area contributed by atoms with Gasteiger partial charge in [-0.25, -0.2) is 4.79 Å². The first-order chi connectivity index (χ1) is 11.6. The van der Waals surface area contributed by atoms with Gasteiger partial charge in [0.2, 0.25) is 0 Å². The molecule has 0 fully saturated rings. The van der Waals surface area contributed by atoms with E-state index in [1.807, 2.05) is 36.4 Å². The molecule has 0 amide bonds. The van der Waals surface area contributed by atoms with Gasteiger partial charge in [0.1, 0.15) is 16.3 Å². The Labute approximate surface area is 144 Å². The summed E-state index contributed by atoms with van der Waals surface area (Å²) in [5.74, 6) is 0.338. The van der Waals surface area contributed by atoms with Crippen molar-refractivity contribution in [1.82, 2.24) is 0 Å². The van der Waals surface area contributed by atoms with E-state index in [1.54, 1.807) is 20.1 Å². The van der Waals surface area contributed by atoms with Gasteiger partial charge in [-0.2, -0.15) is 0 Å². The molecular weight excluding hydrogens is 324 g/mol. The molecule has 2 aromatic carbocycles. The number of thiophene rings is 1. The maximum atomic E-state index is 12.4. The van der Waals surface area contributed by atoms with E-state index in [-0.39, 0.29) is 5.97 Å². The lowest BCUT2D eigenvalue weighted by atomic mass is 10.1. The third kappa shape index (κ3) is 3.00. The van der Waals surface area contributed by atoms with Gasteiger partial charge in [0, 0.05) is 16.2 Å². The SMILES string of the molecule is CCOC(=O)c1c(Nc2ccc(OC)cc2N)sc2ccccc12. The molecule has 124 valence electrons. The van der Waals surface area contributed by atoms with Crippen LogP contribution in [0, 0.1) is 0 Å². The molecule has 0 saturated carbocycles. The number of hydrogen-bond donors (Lipinski definition) is 2. The minimum Gasteiger partial charge on any atom is -0.497 e. The van der Waals surface area contributed by atoms with E-state index < -0.39 is 0 Å². The van der Waals surface area contributed by atoms with E-state index >= 15 is 0 Å². The molecule has 3 N–H and O–H groups in total. The lowest BCUT2D eigenvalue weighted by molar-refractivity contribution is 0.0530. The number of nitrogen functional groups attached to an aromatic ring is 1. The number of ether oxygens (including phenoxy) is 2. The van der Waals surface area contributed by atoms with Crippen LogP contribution in [0.5, 0.6) is 5.75 Å². The smallest absolute Gasteiger partial charge is 0.341 e. The van der Waals surface area contributed by atoms with Gasteiger partial charge >= 0.3 is 5.97 Å². The fourth-order valence-electron chi connectivity index (χ4n) is 2.44. The third-order valence-electron chi connectivity index (χ3n) is 3.58. The highest BCUT2D eigenvalue weighted by Crippen LogP contribution is 2.39. The number of nitrogens with one attached hydrogen (secondary N) is 1. The zero-order valence-corrected chi connectivity index (χ0v) is 14.3. The molecule has 3 aromatic rings. The van der Waals surface area contributed by atoms with Gasteiger partial charge in [-0.1, -0.05) is 18.2 Å². The van der Waals surface area contributed by atoms with E-state index in [4.69, 9.17) is 15.2 Å². The summed E-state index contributed by atoms with van der Waals surface area (Å²) in [6.07, 6.45) is 0. The van der Waals surface area contributed by atoms with Crippen molar-refractivity contribution >= 4 is 43.8 Å². The zero-order valence-electron chi connectivity index (χ0n) is 13.5. The number of benzene rings is 2. The highest BCUT2D eigenvalue weighted by Gasteiger charge is 2.20. The Bertz CT molecular complexity index is 889. The largest absolute Gasteiger partial charge is 0.497 e. The number of esters is 1. The lowest BCUT2D eigenvalue weighted by Gasteiger charge is -2.11. The van der Waals surface area contributed by atoms with E-state index in [0.717, 1.165) is 10.1 Å². The van der Waals surface area contributed by atoms with Gasteiger partial charge < -0.3 is 20.5 Å². The summed E-state index contributed by atoms with van der Waals surface area (Å²) in [4.78, 5) is 12.4. The molecule has 5 nitrogen and oxygen atoms in total. The van der Waals surface area contributed by atoms with Crippen LogP contribution in [0.15, 0.2) is 42.5 Å². The first-order valence-corrected chi connectivity index (χ1v) is 8.35. The van der Waals surface area contributed by atoms with Crippen LogP contribution in [0.3, 0.4) is 0 Å². The quantitative estimate of drug-likeness (QED) is 0.530. The molecule has 1 aromatic heterocycles. The third-order valence-corrected chi connectivity index (χ3v) is 4.67. The Morgan fingerprint density at radius 1 is 1.25 bits per heavy atom. The highest BCUT2D eigenvalue weighted by molar-refractivity contribution is 7.23. The van der Waals surface area contributed by atoms with Gasteiger partial charge in [0.05, 0.1) is 25.1 Å². The molecule has 0 aliphatic rings. The van der Waals surface area contributed by atoms with Gasteiger partial charge in [0.25, 0.3) is 0 Å². The number of anilines is 3. The molecule has 0 spiro atoms. The average Bonchev–Trinajstić information content (AvgIpc) is 2.94. The second-order valence-corrected chi connectivity index (χ2v) is 6.15. The van der Waals surface area contributed by atoms with Crippen molar-refractivity contribution in [2.24, 2.45) is 0 Å². The summed E-state index contributed by atoms with van der Waals surface area (Å²) >= 11 is 1.49. The summed E-state index contributed by atoms with van der Waals surface area (Å²) in [6, 6.07) is 13.1. The Morgan fingerprint density at radius 3 is 2.75 bits per heavy atom. The number of nitrogens with two attached hydrogens (primary N) is 1. The molecule has 0 atom stereocenters. The molecule has 0 saturated heterocycles. The molecule has 0 radical (unpaired) electrons. The normalized spacial score (nSPS) is 10.6. The monoisotopic (exact) mass is 342 g/mol. The Balaban J connectivity index is 2.05. The standard InChI is InChI=1S/C18H18N2O3S/c1-3-23-18(21)16-12-6-4-5-7-15(12)24-17(16)20-14-9-8-11(22-2)10-13(14)19/h4-10,20H,3,19H2,1-2H3. The van der Waals surface area contributed by atoms with Crippen LogP contribution in [0.1, 0.15) is 17.3 Å². The van der Waals surface area contributed by atoms with Crippen LogP contribution in [0.25, 0.3) is 10.1 Å². The van der Waals surface area contributed by atoms with E-state index in [1.165, 1.54) is 11.3 Å². The number of rotatable bonds is 5. The molecule has 0 bridgehead atoms. The van der Waals surface area contributed by atoms with Crippen molar-refractivity contribution < 1.29 is 14.3 Å². The van der Waals surface area contributed by atoms with Crippen LogP contribution < -0.4 is 15.8 Å². The van der Waals surface area contributed by atoms with Crippen LogP contribution in [-0.2, 0) is 4.74 Å². The van der Waals surface area contributed by atoms with Gasteiger partial charge in [-0.05, 0) is 25.1 Å². The maximum Gasteiger partial charge on any atom is 0.341 e. The fourth-order valence-corrected chi connectivity index (χ4v) is 3.55. The van der Waals surface area contributed by atoms with Crippen molar-refractivity contribution in [3.05, 3.63) is 48.0 Å². The number of methoxy groups -OCH3 is 1. The summed E-state index contributed by atoms with van der Waals surface area (Å²) in [7, 11) is 1.59. The predicted octanol–water partition coefficient (Wildman–Crippen LogP) is 4.41. The number of hydrogen-bond acceptors (Lipinski definition) is 6. The Morgan fingerprint density at radius 2 is 2.04 bits per heavy atom. The molecule has 0 aliphatic carbocycles. The Kier molecular flexibility index (Phi) is 4.57. The van der Waals surface area contributed by atoms with Crippen molar-refractivity contribution in [2.75, 3.05) is 24.8 Å². The van der Waals surface area contributed by atoms with Crippen molar-refractivity contribution in [2.45, 2.75) is 6.92 Å². The summed E-state index contributed by atoms with van der Waals surface area (Å²) in [6.45, 7) is 2.12. The minimum atomic E-state index is -0.343. The number of carbonyl (C=O) groups is 1. The molecule has 0 aliphatic heterocycles. The number of carbonyl (C=O) groups excluding carboxylic acids is 1. The van der Waals surface area contributed by atoms with Crippen LogP contribution in [-0.4, -0.2) is 19.7 Å². The molecule has 0 unspecified atom stereocenters. The van der Waals surface area contributed by atoms with Crippen LogP contribution >= 0.6 is 11.3 Å². The maximum absolute atomic E-state index is 12.4. The topological polar surface area (TPSA) is 73.6 Å². The van der Waals surface area contributed by atoms with E-state index in [9.17, 15) is 4.79 Å². The van der Waals surface area contributed by atoms with Gasteiger partial charge in [-0.3, -0.25) is 0 Å². The highest BCUT2D eigenvalue weighted by atomic mass is 32.1. The Hall–Kier alpha value is -2.73. The minimum absolute atomic E-state index is 0.327. The van der Waals surface area contributed by atoms with Crippen LogP contribution in [0.4, 0.5) is 16.4 Å². The number of fused-ring (bicyclic) bond motifs is 1. The second-order valence-electron chi connectivity index (χ2n) is 5.10. The van der Waals surface area contributed by atoms with Crippen molar-refractivity contribution in [1.29, 1.82) is 0 Å². The molecule has 3 rings (SSSR count). The van der Waals surface area contributed by atoms with E-state index in [0.29, 0.717) is 34.3 Å². The van der Waals surface area contributed by atoms with E-state index in [2.05, 4.69) is 5.32 Å². The average molecular weight is 342 g/mol.